The van der Waals surface area contributed by atoms with Crippen LogP contribution in [0.15, 0.2) is 12.1 Å². The Balaban J connectivity index is 1.27. The monoisotopic (exact) mass is 782 g/mol. The van der Waals surface area contributed by atoms with Crippen LogP contribution in [0.25, 0.3) is 22.2 Å². The highest BCUT2D eigenvalue weighted by Crippen LogP contribution is 2.49. The van der Waals surface area contributed by atoms with Crippen LogP contribution in [0.5, 0.6) is 17.6 Å². The number of nitrogens with zero attached hydrogens (tertiary/aromatic N) is 6. The molecule has 12 nitrogen and oxygen atoms in total. The van der Waals surface area contributed by atoms with Gasteiger partial charge < -0.3 is 28.6 Å². The average Bonchev–Trinajstić information content (AvgIpc) is 3.69. The molecule has 1 aromatic carbocycles. The zero-order chi connectivity index (χ0) is 38.3. The topological polar surface area (TPSA) is 112 Å². The lowest BCUT2D eigenvalue weighted by Gasteiger charge is -2.46. The Morgan fingerprint density at radius 2 is 1.89 bits per heavy atom. The summed E-state index contributed by atoms with van der Waals surface area (Å²) in [7, 11) is 1.33. The Bertz CT molecular complexity index is 1990. The molecular formula is C36H40ClF5N6O6. The van der Waals surface area contributed by atoms with Gasteiger partial charge in [0.1, 0.15) is 53.2 Å². The fourth-order valence-corrected chi connectivity index (χ4v) is 9.14. The van der Waals surface area contributed by atoms with Gasteiger partial charge in [-0.25, -0.2) is 18.6 Å². The van der Waals surface area contributed by atoms with Crippen LogP contribution in [0.1, 0.15) is 58.4 Å². The number of anilines is 1. The highest BCUT2D eigenvalue weighted by molar-refractivity contribution is 6.32. The van der Waals surface area contributed by atoms with Crippen molar-refractivity contribution in [2.24, 2.45) is 0 Å². The number of carbonyl (C=O) groups excluding carboxylic acids is 1. The SMILES string of the molecule is COCOc1cc(Cl)c(C(F)(F)F)c(-c2nc3c4c(nc(OC[C@]56CCCN5C[C@H](F)C6)nc4c2F)N2C[C@@H]4CC[C@H]([C@H]2CO3)N4C(=O)OC(C)(C)C)c1. The van der Waals surface area contributed by atoms with E-state index in [2.05, 4.69) is 9.97 Å². The van der Waals surface area contributed by atoms with E-state index in [9.17, 15) is 22.4 Å². The van der Waals surface area contributed by atoms with Gasteiger partial charge in [-0.05, 0) is 65.1 Å². The maximum Gasteiger partial charge on any atom is 0.418 e. The Kier molecular flexibility index (Phi) is 9.15. The molecule has 5 atom stereocenters. The third-order valence-electron chi connectivity index (χ3n) is 11.0. The highest BCUT2D eigenvalue weighted by Gasteiger charge is 2.53. The van der Waals surface area contributed by atoms with Gasteiger partial charge in [-0.2, -0.15) is 23.1 Å². The first kappa shape index (κ1) is 37.0. The minimum atomic E-state index is -5.03. The maximum atomic E-state index is 17.1. The van der Waals surface area contributed by atoms with Gasteiger partial charge in [-0.3, -0.25) is 9.80 Å². The standard InChI is InChI=1S/C36H40ClF5N6O6/c1-34(2,3)54-33(49)48-19-6-7-23(48)24-15-51-31-25-29(27(39)28(43-31)21-10-20(53-17-50-4)11-22(37)26(21)36(40,41)42)44-32(45-30(25)47(24)14-19)52-16-35-8-5-9-46(35)13-18(38)12-35/h10-11,18-19,23-24H,5-9,12-17H2,1-4H3/t18-,19+,23-,24-,35-/m1/s1. The molecule has 0 radical (unpaired) electrons. The fourth-order valence-electron chi connectivity index (χ4n) is 8.82. The van der Waals surface area contributed by atoms with Gasteiger partial charge in [0.05, 0.1) is 34.3 Å². The van der Waals surface area contributed by atoms with E-state index in [1.54, 1.807) is 25.7 Å². The molecule has 0 aliphatic carbocycles. The summed E-state index contributed by atoms with van der Waals surface area (Å²) in [6.07, 6.45) is -3.45. The van der Waals surface area contributed by atoms with E-state index in [1.165, 1.54) is 7.11 Å². The highest BCUT2D eigenvalue weighted by atomic mass is 35.5. The lowest BCUT2D eigenvalue weighted by Crippen LogP contribution is -2.63. The molecule has 8 rings (SSSR count). The first-order valence-corrected chi connectivity index (χ1v) is 18.3. The van der Waals surface area contributed by atoms with Crippen molar-refractivity contribution in [3.63, 3.8) is 0 Å². The van der Waals surface area contributed by atoms with Crippen LogP contribution < -0.4 is 19.1 Å². The molecule has 54 heavy (non-hydrogen) atoms. The Morgan fingerprint density at radius 1 is 1.09 bits per heavy atom. The summed E-state index contributed by atoms with van der Waals surface area (Å²) >= 11 is 6.19. The lowest BCUT2D eigenvalue weighted by molar-refractivity contribution is -0.137. The molecule has 3 aromatic rings. The normalized spacial score (nSPS) is 26.4. The van der Waals surface area contributed by atoms with E-state index in [0.29, 0.717) is 25.8 Å². The van der Waals surface area contributed by atoms with E-state index in [0.717, 1.165) is 18.6 Å². The largest absolute Gasteiger partial charge is 0.475 e. The van der Waals surface area contributed by atoms with Gasteiger partial charge in [0.25, 0.3) is 0 Å². The molecule has 5 aliphatic heterocycles. The molecule has 2 bridgehead atoms. The number of amides is 1. The number of hydrogen-bond acceptors (Lipinski definition) is 11. The molecule has 292 valence electrons. The third kappa shape index (κ3) is 6.38. The van der Waals surface area contributed by atoms with Crippen molar-refractivity contribution in [2.45, 2.75) is 94.5 Å². The summed E-state index contributed by atoms with van der Waals surface area (Å²) in [5, 5.41) is -0.710. The number of aromatic nitrogens is 3. The molecule has 18 heteroatoms. The number of ether oxygens (including phenoxy) is 5. The number of methoxy groups -OCH3 is 1. The predicted molar refractivity (Wildman–Crippen MR) is 185 cm³/mol. The van der Waals surface area contributed by atoms with Crippen LogP contribution in [0, 0.1) is 5.82 Å². The number of fused-ring (bicyclic) bond motifs is 6. The van der Waals surface area contributed by atoms with Gasteiger partial charge in [0, 0.05) is 32.2 Å². The Labute approximate surface area is 312 Å². The number of alkyl halides is 4. The number of halogens is 6. The van der Waals surface area contributed by atoms with Crippen LogP contribution >= 0.6 is 11.6 Å². The number of hydrogen-bond donors (Lipinski definition) is 0. The van der Waals surface area contributed by atoms with Gasteiger partial charge in [-0.1, -0.05) is 11.6 Å². The second kappa shape index (κ2) is 13.4. The van der Waals surface area contributed by atoms with E-state index in [4.69, 9.17) is 40.3 Å². The van der Waals surface area contributed by atoms with Crippen LogP contribution in [0.4, 0.5) is 32.6 Å². The van der Waals surface area contributed by atoms with Gasteiger partial charge >= 0.3 is 18.3 Å². The first-order valence-electron chi connectivity index (χ1n) is 17.9. The zero-order valence-electron chi connectivity index (χ0n) is 30.1. The Morgan fingerprint density at radius 3 is 2.63 bits per heavy atom. The Hall–Kier alpha value is -3.96. The summed E-state index contributed by atoms with van der Waals surface area (Å²) < 4.78 is 104. The van der Waals surface area contributed by atoms with Crippen molar-refractivity contribution >= 4 is 34.4 Å². The molecule has 0 spiro atoms. The zero-order valence-corrected chi connectivity index (χ0v) is 30.9. The first-order chi connectivity index (χ1) is 25.6. The molecule has 0 unspecified atom stereocenters. The number of benzene rings is 1. The van der Waals surface area contributed by atoms with Crippen LogP contribution in [-0.2, 0) is 15.7 Å². The molecule has 0 N–H and O–H groups in total. The fraction of sp³-hybridized carbons (Fsp3) is 0.611. The van der Waals surface area contributed by atoms with E-state index in [1.807, 2.05) is 9.80 Å². The number of piperazine rings is 1. The van der Waals surface area contributed by atoms with Crippen molar-refractivity contribution in [2.75, 3.05) is 51.7 Å². The van der Waals surface area contributed by atoms with Gasteiger partial charge in [0.2, 0.25) is 5.88 Å². The number of rotatable bonds is 7. The summed E-state index contributed by atoms with van der Waals surface area (Å²) in [5.41, 5.74) is -4.51. The molecule has 5 aliphatic rings. The predicted octanol–water partition coefficient (Wildman–Crippen LogP) is 6.79. The third-order valence-corrected chi connectivity index (χ3v) is 11.3. The summed E-state index contributed by atoms with van der Waals surface area (Å²) in [4.78, 5) is 32.8. The van der Waals surface area contributed by atoms with E-state index < -0.39 is 69.3 Å². The van der Waals surface area contributed by atoms with Crippen LogP contribution in [-0.4, -0.2) is 113 Å². The molecule has 4 fully saturated rings. The smallest absolute Gasteiger partial charge is 0.418 e. The van der Waals surface area contributed by atoms with Crippen LogP contribution in [0.3, 0.4) is 0 Å². The summed E-state index contributed by atoms with van der Waals surface area (Å²) in [6, 6.07) is 0.492. The summed E-state index contributed by atoms with van der Waals surface area (Å²) in [5.74, 6) is -1.33. The van der Waals surface area contributed by atoms with Crippen molar-refractivity contribution < 1.29 is 50.4 Å². The average molecular weight is 783 g/mol. The summed E-state index contributed by atoms with van der Waals surface area (Å²) in [6.45, 7) is 6.24. The molecule has 2 aromatic heterocycles. The number of carbonyl (C=O) groups is 1. The molecule has 7 heterocycles. The van der Waals surface area contributed by atoms with Crippen molar-refractivity contribution in [1.82, 2.24) is 24.8 Å². The number of pyridine rings is 1. The quantitative estimate of drug-likeness (QED) is 0.187. The van der Waals surface area contributed by atoms with Gasteiger partial charge in [-0.15, -0.1) is 0 Å². The van der Waals surface area contributed by atoms with Crippen LogP contribution in [0.2, 0.25) is 5.02 Å². The molecule has 4 saturated heterocycles. The van der Waals surface area contributed by atoms with E-state index in [-0.39, 0.29) is 79.9 Å². The molecular weight excluding hydrogens is 743 g/mol. The maximum absolute atomic E-state index is 17.1. The molecule has 0 saturated carbocycles. The molecule has 1 amide bonds. The second-order valence-electron chi connectivity index (χ2n) is 15.6. The van der Waals surface area contributed by atoms with Crippen molar-refractivity contribution in [3.05, 3.63) is 28.5 Å². The van der Waals surface area contributed by atoms with Crippen molar-refractivity contribution in [1.29, 1.82) is 0 Å². The van der Waals surface area contributed by atoms with Crippen molar-refractivity contribution in [3.8, 4) is 28.9 Å². The van der Waals surface area contributed by atoms with E-state index >= 15 is 4.39 Å². The lowest BCUT2D eigenvalue weighted by atomic mass is 9.95. The minimum Gasteiger partial charge on any atom is -0.475 e. The second-order valence-corrected chi connectivity index (χ2v) is 16.0. The van der Waals surface area contributed by atoms with Gasteiger partial charge in [0.15, 0.2) is 12.6 Å². The minimum absolute atomic E-state index is 0.0229.